The van der Waals surface area contributed by atoms with Crippen molar-refractivity contribution in [2.45, 2.75) is 12.5 Å². The Balaban J connectivity index is 1.97. The number of nitrogens with zero attached hydrogens (tertiary/aromatic N) is 1. The van der Waals surface area contributed by atoms with Gasteiger partial charge in [-0.3, -0.25) is 4.79 Å². The van der Waals surface area contributed by atoms with Crippen molar-refractivity contribution in [3.05, 3.63) is 47.0 Å². The molecule has 4 N–H and O–H groups in total. The standard InChI is InChI=1S/C13H15N3O2S/c14-13-16-11(8-19-13)12(18)15-10(7-17)6-9-4-2-1-3-5-9/h1-5,8,10,17H,6-7H2,(H2,14,16)(H,15,18). The minimum Gasteiger partial charge on any atom is -0.394 e. The summed E-state index contributed by atoms with van der Waals surface area (Å²) in [7, 11) is 0. The zero-order chi connectivity index (χ0) is 13.7. The van der Waals surface area contributed by atoms with Crippen molar-refractivity contribution >= 4 is 22.4 Å². The third-order valence-corrected chi connectivity index (χ3v) is 3.31. The van der Waals surface area contributed by atoms with Gasteiger partial charge in [0.25, 0.3) is 5.91 Å². The van der Waals surface area contributed by atoms with Gasteiger partial charge in [-0.1, -0.05) is 30.3 Å². The second-order valence-corrected chi connectivity index (χ2v) is 5.00. The van der Waals surface area contributed by atoms with Gasteiger partial charge in [0.05, 0.1) is 12.6 Å². The Morgan fingerprint density at radius 2 is 2.16 bits per heavy atom. The third kappa shape index (κ3) is 3.77. The van der Waals surface area contributed by atoms with E-state index in [1.165, 1.54) is 11.3 Å². The fourth-order valence-corrected chi connectivity index (χ4v) is 2.25. The number of aromatic nitrogens is 1. The number of aliphatic hydroxyl groups is 1. The molecule has 5 nitrogen and oxygen atoms in total. The molecule has 1 aromatic heterocycles. The van der Waals surface area contributed by atoms with E-state index in [1.807, 2.05) is 30.3 Å². The van der Waals surface area contributed by atoms with E-state index in [-0.39, 0.29) is 24.2 Å². The first-order valence-electron chi connectivity index (χ1n) is 5.85. The zero-order valence-corrected chi connectivity index (χ0v) is 11.1. The third-order valence-electron chi connectivity index (χ3n) is 2.64. The van der Waals surface area contributed by atoms with Gasteiger partial charge in [0, 0.05) is 5.38 Å². The Kier molecular flexibility index (Phi) is 4.48. The molecule has 0 radical (unpaired) electrons. The highest BCUT2D eigenvalue weighted by atomic mass is 32.1. The molecule has 6 heteroatoms. The van der Waals surface area contributed by atoms with Crippen molar-refractivity contribution < 1.29 is 9.90 Å². The number of hydrogen-bond donors (Lipinski definition) is 3. The summed E-state index contributed by atoms with van der Waals surface area (Å²) in [5.41, 5.74) is 6.82. The van der Waals surface area contributed by atoms with E-state index >= 15 is 0 Å². The lowest BCUT2D eigenvalue weighted by atomic mass is 10.1. The Bertz CT molecular complexity index is 542. The largest absolute Gasteiger partial charge is 0.394 e. The molecule has 0 saturated carbocycles. The van der Waals surface area contributed by atoms with Crippen LogP contribution in [0.2, 0.25) is 0 Å². The number of carbonyl (C=O) groups is 1. The van der Waals surface area contributed by atoms with Gasteiger partial charge in [-0.2, -0.15) is 0 Å². The first kappa shape index (κ1) is 13.5. The van der Waals surface area contributed by atoms with Crippen LogP contribution in [0.15, 0.2) is 35.7 Å². The quantitative estimate of drug-likeness (QED) is 0.762. The van der Waals surface area contributed by atoms with Crippen molar-refractivity contribution in [1.29, 1.82) is 0 Å². The van der Waals surface area contributed by atoms with Crippen molar-refractivity contribution in [2.75, 3.05) is 12.3 Å². The van der Waals surface area contributed by atoms with E-state index in [0.29, 0.717) is 11.6 Å². The lowest BCUT2D eigenvalue weighted by molar-refractivity contribution is 0.0912. The van der Waals surface area contributed by atoms with Crippen LogP contribution < -0.4 is 11.1 Å². The molecular weight excluding hydrogens is 262 g/mol. The summed E-state index contributed by atoms with van der Waals surface area (Å²) in [6.45, 7) is -0.125. The SMILES string of the molecule is Nc1nc(C(=O)NC(CO)Cc2ccccc2)cs1. The molecular formula is C13H15N3O2S. The van der Waals surface area contributed by atoms with Gasteiger partial charge in [-0.25, -0.2) is 4.98 Å². The van der Waals surface area contributed by atoms with Gasteiger partial charge in [-0.15, -0.1) is 11.3 Å². The van der Waals surface area contributed by atoms with Crippen LogP contribution >= 0.6 is 11.3 Å². The minimum atomic E-state index is -0.335. The summed E-state index contributed by atoms with van der Waals surface area (Å²) in [6, 6.07) is 9.34. The average Bonchev–Trinajstić information content (AvgIpc) is 2.86. The van der Waals surface area contributed by atoms with Gasteiger partial charge in [0.1, 0.15) is 5.69 Å². The number of anilines is 1. The fraction of sp³-hybridized carbons (Fsp3) is 0.231. The maximum absolute atomic E-state index is 11.9. The number of aliphatic hydroxyl groups excluding tert-OH is 1. The van der Waals surface area contributed by atoms with Gasteiger partial charge < -0.3 is 16.2 Å². The molecule has 0 aliphatic heterocycles. The Labute approximate surface area is 115 Å². The van der Waals surface area contributed by atoms with Crippen LogP contribution in [0.3, 0.4) is 0 Å². The number of amides is 1. The number of nitrogens with two attached hydrogens (primary N) is 1. The van der Waals surface area contributed by atoms with Crippen LogP contribution in [0.1, 0.15) is 16.1 Å². The van der Waals surface area contributed by atoms with Crippen molar-refractivity contribution in [3.63, 3.8) is 0 Å². The van der Waals surface area contributed by atoms with E-state index in [9.17, 15) is 9.90 Å². The topological polar surface area (TPSA) is 88.2 Å². The first-order chi connectivity index (χ1) is 9.19. The lowest BCUT2D eigenvalue weighted by Crippen LogP contribution is -2.39. The molecule has 0 fully saturated rings. The van der Waals surface area contributed by atoms with Crippen LogP contribution in [0.25, 0.3) is 0 Å². The Hall–Kier alpha value is -1.92. The maximum atomic E-state index is 11.9. The number of nitrogen functional groups attached to an aromatic ring is 1. The lowest BCUT2D eigenvalue weighted by Gasteiger charge is -2.15. The molecule has 1 aromatic carbocycles. The predicted octanol–water partition coefficient (Wildman–Crippen LogP) is 1.06. The summed E-state index contributed by atoms with van der Waals surface area (Å²) in [6.07, 6.45) is 0.572. The van der Waals surface area contributed by atoms with Crippen molar-refractivity contribution in [3.8, 4) is 0 Å². The fourth-order valence-electron chi connectivity index (χ4n) is 1.71. The number of hydrogen-bond acceptors (Lipinski definition) is 5. The monoisotopic (exact) mass is 277 g/mol. The molecule has 100 valence electrons. The van der Waals surface area contributed by atoms with Gasteiger partial charge in [0.2, 0.25) is 0 Å². The van der Waals surface area contributed by atoms with E-state index in [4.69, 9.17) is 5.73 Å². The highest BCUT2D eigenvalue weighted by molar-refractivity contribution is 7.13. The smallest absolute Gasteiger partial charge is 0.271 e. The van der Waals surface area contributed by atoms with Crippen LogP contribution in [-0.4, -0.2) is 28.6 Å². The molecule has 0 saturated heterocycles. The zero-order valence-electron chi connectivity index (χ0n) is 10.2. The van der Waals surface area contributed by atoms with E-state index < -0.39 is 0 Å². The number of thiazole rings is 1. The molecule has 0 bridgehead atoms. The number of rotatable bonds is 5. The normalized spacial score (nSPS) is 12.1. The molecule has 1 atom stereocenters. The van der Waals surface area contributed by atoms with Crippen molar-refractivity contribution in [2.24, 2.45) is 0 Å². The van der Waals surface area contributed by atoms with Gasteiger partial charge in [0.15, 0.2) is 5.13 Å². The molecule has 1 unspecified atom stereocenters. The van der Waals surface area contributed by atoms with Crippen LogP contribution in [0.4, 0.5) is 5.13 Å². The van der Waals surface area contributed by atoms with Crippen LogP contribution in [0.5, 0.6) is 0 Å². The van der Waals surface area contributed by atoms with Crippen LogP contribution in [-0.2, 0) is 6.42 Å². The highest BCUT2D eigenvalue weighted by Gasteiger charge is 2.15. The molecule has 19 heavy (non-hydrogen) atoms. The maximum Gasteiger partial charge on any atom is 0.271 e. The Morgan fingerprint density at radius 3 is 2.74 bits per heavy atom. The van der Waals surface area contributed by atoms with Gasteiger partial charge >= 0.3 is 0 Å². The molecule has 2 rings (SSSR count). The van der Waals surface area contributed by atoms with Crippen LogP contribution in [0, 0.1) is 0 Å². The van der Waals surface area contributed by atoms with E-state index in [0.717, 1.165) is 5.56 Å². The molecule has 2 aromatic rings. The molecule has 0 aliphatic rings. The number of nitrogens with one attached hydrogen (secondary N) is 1. The minimum absolute atomic E-state index is 0.125. The summed E-state index contributed by atoms with van der Waals surface area (Å²) >= 11 is 1.21. The summed E-state index contributed by atoms with van der Waals surface area (Å²) in [5, 5.41) is 14.0. The second-order valence-electron chi connectivity index (χ2n) is 4.11. The molecule has 1 amide bonds. The number of carbonyl (C=O) groups excluding carboxylic acids is 1. The number of benzene rings is 1. The summed E-state index contributed by atoms with van der Waals surface area (Å²) in [4.78, 5) is 15.8. The predicted molar refractivity (Wildman–Crippen MR) is 75.0 cm³/mol. The first-order valence-corrected chi connectivity index (χ1v) is 6.73. The summed E-state index contributed by atoms with van der Waals surface area (Å²) < 4.78 is 0. The van der Waals surface area contributed by atoms with E-state index in [1.54, 1.807) is 5.38 Å². The van der Waals surface area contributed by atoms with Crippen molar-refractivity contribution in [1.82, 2.24) is 10.3 Å². The summed E-state index contributed by atoms with van der Waals surface area (Å²) in [5.74, 6) is -0.317. The second kappa shape index (κ2) is 6.31. The molecule has 0 spiro atoms. The molecule has 0 aliphatic carbocycles. The van der Waals surface area contributed by atoms with Gasteiger partial charge in [-0.05, 0) is 12.0 Å². The molecule has 1 heterocycles. The average molecular weight is 277 g/mol. The van der Waals surface area contributed by atoms with E-state index in [2.05, 4.69) is 10.3 Å². The Morgan fingerprint density at radius 1 is 1.42 bits per heavy atom. The highest BCUT2D eigenvalue weighted by Crippen LogP contribution is 2.11.